The Kier molecular flexibility index (Phi) is 4.34. The van der Waals surface area contributed by atoms with E-state index in [0.29, 0.717) is 0 Å². The molecule has 1 aromatic rings. The number of aryl methyl sites for hydroxylation is 2. The van der Waals surface area contributed by atoms with Crippen LogP contribution in [0.3, 0.4) is 0 Å². The maximum Gasteiger partial charge on any atom is 0.326 e. The van der Waals surface area contributed by atoms with E-state index < -0.39 is 17.4 Å². The summed E-state index contributed by atoms with van der Waals surface area (Å²) in [5.74, 6) is -1.34. The number of carboxylic acids is 1. The first-order chi connectivity index (χ1) is 8.62. The van der Waals surface area contributed by atoms with Crippen molar-refractivity contribution in [2.24, 2.45) is 5.41 Å². The van der Waals surface area contributed by atoms with Gasteiger partial charge in [0, 0.05) is 11.3 Å². The Morgan fingerprint density at radius 2 is 1.95 bits per heavy atom. The van der Waals surface area contributed by atoms with Crippen molar-refractivity contribution in [3.8, 4) is 0 Å². The predicted octanol–water partition coefficient (Wildman–Crippen LogP) is 1.18. The first-order valence-corrected chi connectivity index (χ1v) is 6.15. The molecule has 0 bridgehead atoms. The quantitative estimate of drug-likeness (QED) is 0.763. The molecule has 0 radical (unpaired) electrons. The summed E-state index contributed by atoms with van der Waals surface area (Å²) in [7, 11) is 0. The fourth-order valence-electron chi connectivity index (χ4n) is 1.86. The normalized spacial score (nSPS) is 13.1. The van der Waals surface area contributed by atoms with Crippen molar-refractivity contribution in [2.45, 2.75) is 47.1 Å². The molecule has 0 aliphatic carbocycles. The van der Waals surface area contributed by atoms with Crippen molar-refractivity contribution < 1.29 is 14.7 Å². The second-order valence-corrected chi connectivity index (χ2v) is 5.79. The van der Waals surface area contributed by atoms with Gasteiger partial charge in [0.15, 0.2) is 0 Å². The largest absolute Gasteiger partial charge is 0.480 e. The Balaban J connectivity index is 2.77. The zero-order valence-corrected chi connectivity index (χ0v) is 12.0. The Labute approximate surface area is 112 Å². The number of H-pyrrole nitrogens is 1. The number of carbonyl (C=O) groups excluding carboxylic acids is 1. The number of rotatable bonds is 4. The van der Waals surface area contributed by atoms with Gasteiger partial charge in [0.2, 0.25) is 5.91 Å². The van der Waals surface area contributed by atoms with Crippen LogP contribution >= 0.6 is 0 Å². The van der Waals surface area contributed by atoms with E-state index in [1.165, 1.54) is 0 Å². The number of aromatic amines is 1. The van der Waals surface area contributed by atoms with Crippen molar-refractivity contribution in [1.29, 1.82) is 0 Å². The van der Waals surface area contributed by atoms with Crippen LogP contribution < -0.4 is 5.32 Å². The number of carboxylic acid groups (broad SMARTS) is 1. The molecule has 3 N–H and O–H groups in total. The van der Waals surface area contributed by atoms with Crippen LogP contribution in [0.15, 0.2) is 0 Å². The zero-order valence-electron chi connectivity index (χ0n) is 12.0. The van der Waals surface area contributed by atoms with Gasteiger partial charge in [-0.3, -0.25) is 9.89 Å². The van der Waals surface area contributed by atoms with Crippen molar-refractivity contribution in [1.82, 2.24) is 15.5 Å². The molecule has 0 saturated heterocycles. The molecule has 1 amide bonds. The number of aliphatic carboxylic acids is 1. The molecule has 1 rings (SSSR count). The molecule has 106 valence electrons. The highest BCUT2D eigenvalue weighted by Gasteiger charge is 2.32. The Morgan fingerprint density at radius 1 is 1.37 bits per heavy atom. The molecule has 0 saturated carbocycles. The Bertz CT molecular complexity index is 466. The molecule has 1 heterocycles. The molecule has 1 aromatic heterocycles. The average molecular weight is 267 g/mol. The Morgan fingerprint density at radius 3 is 2.32 bits per heavy atom. The standard InChI is InChI=1S/C13H21N3O3/c1-7-9(8(2)16-15-7)6-10(17)14-11(12(18)19)13(3,4)5/h11H,6H2,1-5H3,(H,14,17)(H,15,16)(H,18,19)/t11-/m1/s1. The molecule has 19 heavy (non-hydrogen) atoms. The molecule has 6 nitrogen and oxygen atoms in total. The number of amides is 1. The molecule has 0 spiro atoms. The zero-order chi connectivity index (χ0) is 14.8. The van der Waals surface area contributed by atoms with E-state index >= 15 is 0 Å². The fourth-order valence-corrected chi connectivity index (χ4v) is 1.86. The number of hydrogen-bond donors (Lipinski definition) is 3. The second-order valence-electron chi connectivity index (χ2n) is 5.79. The van der Waals surface area contributed by atoms with Crippen LogP contribution in [0.1, 0.15) is 37.7 Å². The lowest BCUT2D eigenvalue weighted by Gasteiger charge is -2.27. The van der Waals surface area contributed by atoms with Gasteiger partial charge < -0.3 is 10.4 Å². The number of hydrogen-bond acceptors (Lipinski definition) is 3. The van der Waals surface area contributed by atoms with Crippen LogP contribution in [0.4, 0.5) is 0 Å². The molecule has 0 aliphatic rings. The smallest absolute Gasteiger partial charge is 0.326 e. The minimum atomic E-state index is -1.03. The predicted molar refractivity (Wildman–Crippen MR) is 70.8 cm³/mol. The second kappa shape index (κ2) is 5.42. The first-order valence-electron chi connectivity index (χ1n) is 6.15. The average Bonchev–Trinajstić information content (AvgIpc) is 2.55. The van der Waals surface area contributed by atoms with Crippen molar-refractivity contribution >= 4 is 11.9 Å². The van der Waals surface area contributed by atoms with Crippen LogP contribution in [-0.2, 0) is 16.0 Å². The summed E-state index contributed by atoms with van der Waals surface area (Å²) in [6.07, 6.45) is 0.133. The minimum Gasteiger partial charge on any atom is -0.480 e. The lowest BCUT2D eigenvalue weighted by Crippen LogP contribution is -2.49. The summed E-state index contributed by atoms with van der Waals surface area (Å²) < 4.78 is 0. The minimum absolute atomic E-state index is 0.133. The van der Waals surface area contributed by atoms with Crippen LogP contribution in [0, 0.1) is 19.3 Å². The molecule has 0 unspecified atom stereocenters. The number of carbonyl (C=O) groups is 2. The summed E-state index contributed by atoms with van der Waals surface area (Å²) in [5, 5.41) is 18.5. The highest BCUT2D eigenvalue weighted by Crippen LogP contribution is 2.20. The van der Waals surface area contributed by atoms with Gasteiger partial charge in [0.05, 0.1) is 12.1 Å². The summed E-state index contributed by atoms with van der Waals surface area (Å²) >= 11 is 0. The lowest BCUT2D eigenvalue weighted by atomic mass is 9.86. The summed E-state index contributed by atoms with van der Waals surface area (Å²) in [6.45, 7) is 8.98. The van der Waals surface area contributed by atoms with Crippen LogP contribution in [0.5, 0.6) is 0 Å². The van der Waals surface area contributed by atoms with Crippen LogP contribution in [-0.4, -0.2) is 33.2 Å². The van der Waals surface area contributed by atoms with E-state index in [9.17, 15) is 9.59 Å². The van der Waals surface area contributed by atoms with Crippen molar-refractivity contribution in [3.05, 3.63) is 17.0 Å². The van der Waals surface area contributed by atoms with E-state index in [1.54, 1.807) is 20.8 Å². The lowest BCUT2D eigenvalue weighted by molar-refractivity contribution is -0.144. The van der Waals surface area contributed by atoms with E-state index in [1.807, 2.05) is 13.8 Å². The van der Waals surface area contributed by atoms with Gasteiger partial charge in [0.25, 0.3) is 0 Å². The number of nitrogens with one attached hydrogen (secondary N) is 2. The molecule has 6 heteroatoms. The molecule has 0 fully saturated rings. The van der Waals surface area contributed by atoms with E-state index in [-0.39, 0.29) is 12.3 Å². The molecule has 0 aromatic carbocycles. The highest BCUT2D eigenvalue weighted by atomic mass is 16.4. The van der Waals surface area contributed by atoms with Crippen molar-refractivity contribution in [2.75, 3.05) is 0 Å². The monoisotopic (exact) mass is 267 g/mol. The van der Waals surface area contributed by atoms with Gasteiger partial charge in [-0.2, -0.15) is 5.10 Å². The van der Waals surface area contributed by atoms with Gasteiger partial charge in [0.1, 0.15) is 6.04 Å². The third-order valence-corrected chi connectivity index (χ3v) is 3.04. The third-order valence-electron chi connectivity index (χ3n) is 3.04. The van der Waals surface area contributed by atoms with Gasteiger partial charge in [-0.05, 0) is 19.3 Å². The molecular weight excluding hydrogens is 246 g/mol. The van der Waals surface area contributed by atoms with Gasteiger partial charge in [-0.1, -0.05) is 20.8 Å². The van der Waals surface area contributed by atoms with E-state index in [0.717, 1.165) is 17.0 Å². The molecular formula is C13H21N3O3. The van der Waals surface area contributed by atoms with Gasteiger partial charge >= 0.3 is 5.97 Å². The SMILES string of the molecule is Cc1n[nH]c(C)c1CC(=O)N[C@H](C(=O)O)C(C)(C)C. The van der Waals surface area contributed by atoms with Crippen LogP contribution in [0.25, 0.3) is 0 Å². The fraction of sp³-hybridized carbons (Fsp3) is 0.615. The number of nitrogens with zero attached hydrogens (tertiary/aromatic N) is 1. The van der Waals surface area contributed by atoms with E-state index in [4.69, 9.17) is 5.11 Å². The summed E-state index contributed by atoms with van der Waals surface area (Å²) in [4.78, 5) is 23.1. The topological polar surface area (TPSA) is 95.1 Å². The maximum absolute atomic E-state index is 12.0. The third kappa shape index (κ3) is 3.81. The first kappa shape index (κ1) is 15.2. The van der Waals surface area contributed by atoms with E-state index in [2.05, 4.69) is 15.5 Å². The van der Waals surface area contributed by atoms with Crippen LogP contribution in [0.2, 0.25) is 0 Å². The number of aromatic nitrogens is 2. The highest BCUT2D eigenvalue weighted by molar-refractivity contribution is 5.85. The van der Waals surface area contributed by atoms with Gasteiger partial charge in [-0.25, -0.2) is 4.79 Å². The van der Waals surface area contributed by atoms with Gasteiger partial charge in [-0.15, -0.1) is 0 Å². The summed E-state index contributed by atoms with van der Waals surface area (Å²) in [6, 6.07) is -0.910. The maximum atomic E-state index is 12.0. The molecule has 1 atom stereocenters. The van der Waals surface area contributed by atoms with Crippen molar-refractivity contribution in [3.63, 3.8) is 0 Å². The molecule has 0 aliphatic heterocycles. The Hall–Kier alpha value is -1.85. The summed E-state index contributed by atoms with van der Waals surface area (Å²) in [5.41, 5.74) is 1.86.